The van der Waals surface area contributed by atoms with Crippen molar-refractivity contribution in [3.05, 3.63) is 0 Å². The minimum atomic E-state index is -0.932. The lowest BCUT2D eigenvalue weighted by atomic mass is 10.2. The first-order chi connectivity index (χ1) is 3.77. The van der Waals surface area contributed by atoms with E-state index in [1.807, 2.05) is 6.92 Å². The molecule has 0 aromatic heterocycles. The molecule has 0 amide bonds. The predicted octanol–water partition coefficient (Wildman–Crippen LogP) is 0.317. The van der Waals surface area contributed by atoms with E-state index >= 15 is 0 Å². The molecule has 0 fully saturated rings. The van der Waals surface area contributed by atoms with Crippen LogP contribution in [0.25, 0.3) is 0 Å². The quantitative estimate of drug-likeness (QED) is 0.495. The first kappa shape index (κ1) is 7.47. The first-order valence-corrected chi connectivity index (χ1v) is 2.97. The Balaban J connectivity index is 2.82. The standard InChI is InChI=1S/C6H12O2/c1-2-3-4-5-6(7)8/h2-5H2,1H3,(H,7,8)/p-1. The van der Waals surface area contributed by atoms with Gasteiger partial charge in [0.15, 0.2) is 0 Å². The van der Waals surface area contributed by atoms with Gasteiger partial charge in [-0.25, -0.2) is 0 Å². The van der Waals surface area contributed by atoms with Crippen LogP contribution in [0.3, 0.4) is 0 Å². The zero-order chi connectivity index (χ0) is 6.41. The van der Waals surface area contributed by atoms with Gasteiger partial charge >= 0.3 is 0 Å². The molecule has 0 aliphatic rings. The van der Waals surface area contributed by atoms with Gasteiger partial charge in [0, 0.05) is 5.97 Å². The van der Waals surface area contributed by atoms with Gasteiger partial charge in [0.1, 0.15) is 0 Å². The van der Waals surface area contributed by atoms with Crippen molar-refractivity contribution in [1.82, 2.24) is 0 Å². The van der Waals surface area contributed by atoms with Gasteiger partial charge in [0.25, 0.3) is 0 Å². The average molecular weight is 115 g/mol. The largest absolute Gasteiger partial charge is 0.550 e. The zero-order valence-electron chi connectivity index (χ0n) is 5.14. The number of rotatable bonds is 4. The first-order valence-electron chi connectivity index (χ1n) is 2.97. The number of hydrogen-bond acceptors (Lipinski definition) is 2. The third-order valence-electron chi connectivity index (χ3n) is 0.984. The SMILES string of the molecule is CCCCCC(=O)[O-]. The highest BCUT2D eigenvalue weighted by molar-refractivity contribution is 5.63. The molecule has 48 valence electrons. The molecule has 0 N–H and O–H groups in total. The second-order valence-electron chi connectivity index (χ2n) is 1.83. The van der Waals surface area contributed by atoms with E-state index in [0.29, 0.717) is 0 Å². The number of carbonyl (C=O) groups excluding carboxylic acids is 1. The summed E-state index contributed by atoms with van der Waals surface area (Å²) in [6.45, 7) is 2.04. The van der Waals surface area contributed by atoms with Gasteiger partial charge < -0.3 is 9.90 Å². The highest BCUT2D eigenvalue weighted by atomic mass is 16.4. The third kappa shape index (κ3) is 5.47. The van der Waals surface area contributed by atoms with Crippen LogP contribution in [0.5, 0.6) is 0 Å². The summed E-state index contributed by atoms with van der Waals surface area (Å²) in [7, 11) is 0. The maximum absolute atomic E-state index is 9.76. The third-order valence-corrected chi connectivity index (χ3v) is 0.984. The average Bonchev–Trinajstić information content (AvgIpc) is 1.66. The van der Waals surface area contributed by atoms with Crippen molar-refractivity contribution < 1.29 is 9.90 Å². The summed E-state index contributed by atoms with van der Waals surface area (Å²) >= 11 is 0. The highest BCUT2D eigenvalue weighted by Crippen LogP contribution is 1.96. The Morgan fingerprint density at radius 3 is 2.50 bits per heavy atom. The second kappa shape index (κ2) is 4.62. The molecule has 0 saturated carbocycles. The van der Waals surface area contributed by atoms with Crippen LogP contribution in [0.1, 0.15) is 32.6 Å². The van der Waals surface area contributed by atoms with Crippen molar-refractivity contribution in [2.75, 3.05) is 0 Å². The van der Waals surface area contributed by atoms with Crippen molar-refractivity contribution in [2.24, 2.45) is 0 Å². The second-order valence-corrected chi connectivity index (χ2v) is 1.83. The van der Waals surface area contributed by atoms with Crippen molar-refractivity contribution in [3.63, 3.8) is 0 Å². The minimum absolute atomic E-state index is 0.216. The van der Waals surface area contributed by atoms with Crippen molar-refractivity contribution in [3.8, 4) is 0 Å². The number of carboxylic acid groups (broad SMARTS) is 1. The Bertz CT molecular complexity index is 68.9. The van der Waals surface area contributed by atoms with Crippen LogP contribution in [0.15, 0.2) is 0 Å². The van der Waals surface area contributed by atoms with Crippen LogP contribution in [0.2, 0.25) is 0 Å². The van der Waals surface area contributed by atoms with Crippen LogP contribution < -0.4 is 5.11 Å². The van der Waals surface area contributed by atoms with Gasteiger partial charge in [0.2, 0.25) is 0 Å². The van der Waals surface area contributed by atoms with E-state index in [1.54, 1.807) is 0 Å². The van der Waals surface area contributed by atoms with E-state index in [9.17, 15) is 9.90 Å². The maximum atomic E-state index is 9.76. The molecular weight excluding hydrogens is 104 g/mol. The van der Waals surface area contributed by atoms with Gasteiger partial charge in [-0.3, -0.25) is 0 Å². The van der Waals surface area contributed by atoms with Crippen molar-refractivity contribution >= 4 is 5.97 Å². The summed E-state index contributed by atoms with van der Waals surface area (Å²) in [5.41, 5.74) is 0. The van der Waals surface area contributed by atoms with E-state index in [-0.39, 0.29) is 6.42 Å². The Morgan fingerprint density at radius 2 is 2.12 bits per heavy atom. The number of unbranched alkanes of at least 4 members (excludes halogenated alkanes) is 2. The van der Waals surface area contributed by atoms with Gasteiger partial charge in [-0.15, -0.1) is 0 Å². The Morgan fingerprint density at radius 1 is 1.50 bits per heavy atom. The van der Waals surface area contributed by atoms with Gasteiger partial charge in [0.05, 0.1) is 0 Å². The molecular formula is C6H11O2-. The van der Waals surface area contributed by atoms with Crippen LogP contribution in [-0.4, -0.2) is 5.97 Å². The number of hydrogen-bond donors (Lipinski definition) is 0. The number of carbonyl (C=O) groups is 1. The van der Waals surface area contributed by atoms with E-state index in [4.69, 9.17) is 0 Å². The molecule has 8 heavy (non-hydrogen) atoms. The molecule has 0 unspecified atom stereocenters. The molecule has 0 aliphatic heterocycles. The summed E-state index contributed by atoms with van der Waals surface area (Å²) in [5, 5.41) is 9.76. The van der Waals surface area contributed by atoms with Gasteiger partial charge in [-0.2, -0.15) is 0 Å². The minimum Gasteiger partial charge on any atom is -0.550 e. The lowest BCUT2D eigenvalue weighted by Crippen LogP contribution is -2.21. The Hall–Kier alpha value is -0.530. The fourth-order valence-electron chi connectivity index (χ4n) is 0.519. The summed E-state index contributed by atoms with van der Waals surface area (Å²) in [6.07, 6.45) is 3.04. The number of aliphatic carboxylic acids is 1. The Labute approximate surface area is 49.5 Å². The monoisotopic (exact) mass is 115 g/mol. The molecule has 0 aromatic carbocycles. The van der Waals surface area contributed by atoms with Gasteiger partial charge in [-0.05, 0) is 12.8 Å². The molecule has 0 atom stereocenters. The molecule has 0 saturated heterocycles. The highest BCUT2D eigenvalue weighted by Gasteiger charge is 1.84. The smallest absolute Gasteiger partial charge is 0.0414 e. The predicted molar refractivity (Wildman–Crippen MR) is 29.1 cm³/mol. The molecule has 0 aromatic rings. The number of carboxylic acids is 1. The van der Waals surface area contributed by atoms with Crippen LogP contribution in [-0.2, 0) is 4.79 Å². The molecule has 0 rings (SSSR count). The molecule has 0 heterocycles. The van der Waals surface area contributed by atoms with Crippen molar-refractivity contribution in [2.45, 2.75) is 32.6 Å². The van der Waals surface area contributed by atoms with Gasteiger partial charge in [-0.1, -0.05) is 19.8 Å². The lowest BCUT2D eigenvalue weighted by molar-refractivity contribution is -0.305. The van der Waals surface area contributed by atoms with E-state index in [2.05, 4.69) is 0 Å². The van der Waals surface area contributed by atoms with Crippen LogP contribution >= 0.6 is 0 Å². The normalized spacial score (nSPS) is 9.12. The molecule has 2 heteroatoms. The fourth-order valence-corrected chi connectivity index (χ4v) is 0.519. The van der Waals surface area contributed by atoms with Crippen LogP contribution in [0.4, 0.5) is 0 Å². The van der Waals surface area contributed by atoms with Crippen molar-refractivity contribution in [1.29, 1.82) is 0 Å². The molecule has 0 aliphatic carbocycles. The summed E-state index contributed by atoms with van der Waals surface area (Å²) in [4.78, 5) is 9.76. The summed E-state index contributed by atoms with van der Waals surface area (Å²) < 4.78 is 0. The summed E-state index contributed by atoms with van der Waals surface area (Å²) in [5.74, 6) is -0.932. The molecule has 2 nitrogen and oxygen atoms in total. The van der Waals surface area contributed by atoms with E-state index in [1.165, 1.54) is 0 Å². The lowest BCUT2D eigenvalue weighted by Gasteiger charge is -1.97. The maximum Gasteiger partial charge on any atom is 0.0414 e. The van der Waals surface area contributed by atoms with Crippen LogP contribution in [0, 0.1) is 0 Å². The van der Waals surface area contributed by atoms with E-state index < -0.39 is 5.97 Å². The molecule has 0 spiro atoms. The fraction of sp³-hybridized carbons (Fsp3) is 0.833. The zero-order valence-corrected chi connectivity index (χ0v) is 5.14. The summed E-state index contributed by atoms with van der Waals surface area (Å²) in [6, 6.07) is 0. The topological polar surface area (TPSA) is 40.1 Å². The molecule has 0 bridgehead atoms. The van der Waals surface area contributed by atoms with E-state index in [0.717, 1.165) is 19.3 Å². The molecule has 0 radical (unpaired) electrons. The Kier molecular flexibility index (Phi) is 4.32.